The molecule has 0 atom stereocenters. The van der Waals surface area contributed by atoms with Gasteiger partial charge in [-0.15, -0.1) is 0 Å². The summed E-state index contributed by atoms with van der Waals surface area (Å²) in [5, 5.41) is 1.63. The van der Waals surface area contributed by atoms with E-state index in [1.807, 2.05) is 35.9 Å². The van der Waals surface area contributed by atoms with E-state index in [0.29, 0.717) is 43.5 Å². The molecule has 2 aromatic rings. The molecule has 2 heterocycles. The second-order valence-corrected chi connectivity index (χ2v) is 6.21. The number of nitrogens with zero attached hydrogens (tertiary/aromatic N) is 3. The van der Waals surface area contributed by atoms with E-state index in [4.69, 9.17) is 16.3 Å². The molecule has 2 amide bonds. The Balaban J connectivity index is 1.74. The number of hydrogen-bond acceptors (Lipinski definition) is 3. The summed E-state index contributed by atoms with van der Waals surface area (Å²) in [6.07, 6.45) is -0.316. The van der Waals surface area contributed by atoms with Crippen LogP contribution in [0, 0.1) is 0 Å². The predicted molar refractivity (Wildman–Crippen MR) is 92.4 cm³/mol. The van der Waals surface area contributed by atoms with Gasteiger partial charge in [0.25, 0.3) is 5.91 Å². The van der Waals surface area contributed by atoms with Crippen molar-refractivity contribution in [2.24, 2.45) is 7.05 Å². The maximum absolute atomic E-state index is 12.8. The fourth-order valence-electron chi connectivity index (χ4n) is 2.98. The van der Waals surface area contributed by atoms with Crippen LogP contribution in [-0.4, -0.2) is 59.2 Å². The number of carbonyl (C=O) groups excluding carboxylic acids is 2. The van der Waals surface area contributed by atoms with Gasteiger partial charge >= 0.3 is 6.09 Å². The van der Waals surface area contributed by atoms with Crippen LogP contribution >= 0.6 is 11.6 Å². The van der Waals surface area contributed by atoms with Crippen molar-refractivity contribution >= 4 is 34.5 Å². The highest BCUT2D eigenvalue weighted by Crippen LogP contribution is 2.23. The Bertz CT molecular complexity index is 779. The first-order valence-corrected chi connectivity index (χ1v) is 8.35. The van der Waals surface area contributed by atoms with Crippen LogP contribution in [0.2, 0.25) is 5.02 Å². The summed E-state index contributed by atoms with van der Waals surface area (Å²) in [5.74, 6) is -0.0340. The minimum absolute atomic E-state index is 0.0340. The Labute approximate surface area is 145 Å². The van der Waals surface area contributed by atoms with E-state index in [-0.39, 0.29) is 12.0 Å². The number of amides is 2. The molecule has 0 unspecified atom stereocenters. The Morgan fingerprint density at radius 3 is 2.46 bits per heavy atom. The number of rotatable bonds is 2. The Morgan fingerprint density at radius 2 is 1.79 bits per heavy atom. The molecule has 6 nitrogen and oxygen atoms in total. The van der Waals surface area contributed by atoms with Gasteiger partial charge in [0.15, 0.2) is 0 Å². The lowest BCUT2D eigenvalue weighted by Crippen LogP contribution is -2.51. The summed E-state index contributed by atoms with van der Waals surface area (Å²) in [7, 11) is 1.86. The highest BCUT2D eigenvalue weighted by molar-refractivity contribution is 6.31. The fourth-order valence-corrected chi connectivity index (χ4v) is 3.14. The van der Waals surface area contributed by atoms with Crippen molar-refractivity contribution in [2.75, 3.05) is 32.8 Å². The van der Waals surface area contributed by atoms with E-state index < -0.39 is 0 Å². The first kappa shape index (κ1) is 16.6. The third-order valence-electron chi connectivity index (χ3n) is 4.32. The van der Waals surface area contributed by atoms with E-state index in [9.17, 15) is 9.59 Å². The van der Waals surface area contributed by atoms with Crippen molar-refractivity contribution in [3.05, 3.63) is 35.0 Å². The van der Waals surface area contributed by atoms with Gasteiger partial charge in [-0.1, -0.05) is 17.7 Å². The van der Waals surface area contributed by atoms with E-state index in [2.05, 4.69) is 0 Å². The largest absolute Gasteiger partial charge is 0.450 e. The zero-order chi connectivity index (χ0) is 17.3. The number of piperazine rings is 1. The van der Waals surface area contributed by atoms with Gasteiger partial charge in [0.2, 0.25) is 0 Å². The van der Waals surface area contributed by atoms with Gasteiger partial charge in [0, 0.05) is 49.2 Å². The van der Waals surface area contributed by atoms with E-state index >= 15 is 0 Å². The maximum Gasteiger partial charge on any atom is 0.409 e. The fraction of sp³-hybridized carbons (Fsp3) is 0.412. The monoisotopic (exact) mass is 349 g/mol. The van der Waals surface area contributed by atoms with Crippen molar-refractivity contribution in [3.8, 4) is 0 Å². The van der Waals surface area contributed by atoms with E-state index in [1.54, 1.807) is 16.7 Å². The van der Waals surface area contributed by atoms with Crippen LogP contribution < -0.4 is 0 Å². The van der Waals surface area contributed by atoms with Crippen LogP contribution in [0.3, 0.4) is 0 Å². The topological polar surface area (TPSA) is 54.8 Å². The van der Waals surface area contributed by atoms with Gasteiger partial charge in [0.05, 0.1) is 6.61 Å². The molecular formula is C17H20ClN3O3. The highest BCUT2D eigenvalue weighted by atomic mass is 35.5. The van der Waals surface area contributed by atoms with Gasteiger partial charge in [-0.25, -0.2) is 4.79 Å². The van der Waals surface area contributed by atoms with Gasteiger partial charge in [-0.2, -0.15) is 0 Å². The Kier molecular flexibility index (Phi) is 4.66. The molecule has 128 valence electrons. The first-order chi connectivity index (χ1) is 11.5. The third kappa shape index (κ3) is 3.06. The molecule has 24 heavy (non-hydrogen) atoms. The molecular weight excluding hydrogens is 330 g/mol. The predicted octanol–water partition coefficient (Wildman–Crippen LogP) is 2.75. The molecule has 1 aliphatic heterocycles. The standard InChI is InChI=1S/C17H20ClN3O3/c1-3-24-17(23)21-8-6-20(7-9-21)16(22)15-10-12-4-5-13(18)11-14(12)19(15)2/h4-5,10-11H,3,6-9H2,1-2H3. The third-order valence-corrected chi connectivity index (χ3v) is 4.55. The van der Waals surface area contributed by atoms with Crippen LogP contribution in [0.4, 0.5) is 4.79 Å². The normalized spacial score (nSPS) is 15.0. The Morgan fingerprint density at radius 1 is 1.12 bits per heavy atom. The minimum atomic E-state index is -0.316. The van der Waals surface area contributed by atoms with Crippen LogP contribution in [0.5, 0.6) is 0 Å². The summed E-state index contributed by atoms with van der Waals surface area (Å²) >= 11 is 6.04. The molecule has 0 aliphatic carbocycles. The van der Waals surface area contributed by atoms with Crippen molar-refractivity contribution in [3.63, 3.8) is 0 Å². The summed E-state index contributed by atoms with van der Waals surface area (Å²) in [6, 6.07) is 7.46. The van der Waals surface area contributed by atoms with E-state index in [0.717, 1.165) is 10.9 Å². The molecule has 1 aromatic heterocycles. The number of aryl methyl sites for hydroxylation is 1. The molecule has 7 heteroatoms. The molecule has 0 radical (unpaired) electrons. The average molecular weight is 350 g/mol. The van der Waals surface area contributed by atoms with Gasteiger partial charge in [-0.3, -0.25) is 4.79 Å². The SMILES string of the molecule is CCOC(=O)N1CCN(C(=O)c2cc3ccc(Cl)cc3n2C)CC1. The highest BCUT2D eigenvalue weighted by Gasteiger charge is 2.27. The molecule has 0 bridgehead atoms. The number of fused-ring (bicyclic) bond motifs is 1. The van der Waals surface area contributed by atoms with E-state index in [1.165, 1.54) is 0 Å². The molecule has 0 saturated carbocycles. The number of aromatic nitrogens is 1. The quantitative estimate of drug-likeness (QED) is 0.837. The molecule has 0 spiro atoms. The van der Waals surface area contributed by atoms with Crippen LogP contribution in [-0.2, 0) is 11.8 Å². The summed E-state index contributed by atoms with van der Waals surface area (Å²) < 4.78 is 6.86. The average Bonchev–Trinajstić information content (AvgIpc) is 2.91. The molecule has 0 N–H and O–H groups in total. The van der Waals surface area contributed by atoms with Crippen molar-refractivity contribution in [2.45, 2.75) is 6.92 Å². The second kappa shape index (κ2) is 6.73. The number of halogens is 1. The molecule has 1 saturated heterocycles. The minimum Gasteiger partial charge on any atom is -0.450 e. The lowest BCUT2D eigenvalue weighted by atomic mass is 10.2. The van der Waals surface area contributed by atoms with Crippen molar-refractivity contribution in [1.82, 2.24) is 14.4 Å². The Hall–Kier alpha value is -2.21. The molecule has 1 fully saturated rings. The van der Waals surface area contributed by atoms with Crippen molar-refractivity contribution in [1.29, 1.82) is 0 Å². The number of ether oxygens (including phenoxy) is 1. The molecule has 1 aliphatic rings. The van der Waals surface area contributed by atoms with Gasteiger partial charge in [0.1, 0.15) is 5.69 Å². The number of benzene rings is 1. The smallest absolute Gasteiger partial charge is 0.409 e. The second-order valence-electron chi connectivity index (χ2n) is 5.77. The molecule has 1 aromatic carbocycles. The summed E-state index contributed by atoms with van der Waals surface area (Å²) in [4.78, 5) is 27.9. The van der Waals surface area contributed by atoms with Crippen LogP contribution in [0.25, 0.3) is 10.9 Å². The summed E-state index contributed by atoms with van der Waals surface area (Å²) in [5.41, 5.74) is 1.55. The number of hydrogen-bond donors (Lipinski definition) is 0. The van der Waals surface area contributed by atoms with Crippen LogP contribution in [0.15, 0.2) is 24.3 Å². The van der Waals surface area contributed by atoms with Crippen molar-refractivity contribution < 1.29 is 14.3 Å². The first-order valence-electron chi connectivity index (χ1n) is 7.97. The maximum atomic E-state index is 12.8. The summed E-state index contributed by atoms with van der Waals surface area (Å²) in [6.45, 7) is 4.11. The number of carbonyl (C=O) groups is 2. The van der Waals surface area contributed by atoms with Gasteiger partial charge < -0.3 is 19.1 Å². The zero-order valence-electron chi connectivity index (χ0n) is 13.8. The lowest BCUT2D eigenvalue weighted by molar-refractivity contribution is 0.0563. The lowest BCUT2D eigenvalue weighted by Gasteiger charge is -2.34. The van der Waals surface area contributed by atoms with Gasteiger partial charge in [-0.05, 0) is 25.1 Å². The zero-order valence-corrected chi connectivity index (χ0v) is 14.5. The van der Waals surface area contributed by atoms with Crippen LogP contribution in [0.1, 0.15) is 17.4 Å². The molecule has 3 rings (SSSR count).